The van der Waals surface area contributed by atoms with Crippen molar-refractivity contribution in [2.24, 2.45) is 0 Å². The van der Waals surface area contributed by atoms with Crippen molar-refractivity contribution in [3.63, 3.8) is 0 Å². The molecule has 1 aliphatic heterocycles. The van der Waals surface area contributed by atoms with Crippen LogP contribution in [-0.2, 0) is 14.8 Å². The Hall–Kier alpha value is -2.71. The maximum atomic E-state index is 12.9. The Morgan fingerprint density at radius 1 is 0.931 bits per heavy atom. The van der Waals surface area contributed by atoms with Crippen molar-refractivity contribution in [2.45, 2.75) is 42.7 Å². The van der Waals surface area contributed by atoms with Crippen molar-refractivity contribution < 1.29 is 18.0 Å². The lowest BCUT2D eigenvalue weighted by Crippen LogP contribution is -2.43. The third-order valence-electron chi connectivity index (χ3n) is 5.18. The van der Waals surface area contributed by atoms with E-state index in [2.05, 4.69) is 10.6 Å². The van der Waals surface area contributed by atoms with Gasteiger partial charge >= 0.3 is 0 Å². The Kier molecular flexibility index (Phi) is 5.38. The number of hydrogen-bond acceptors (Lipinski definition) is 4. The number of nitrogens with zero attached hydrogens (tertiary/aromatic N) is 1. The van der Waals surface area contributed by atoms with Gasteiger partial charge in [0.05, 0.1) is 4.90 Å². The van der Waals surface area contributed by atoms with Gasteiger partial charge in [0.15, 0.2) is 0 Å². The van der Waals surface area contributed by atoms with Crippen LogP contribution in [0.3, 0.4) is 0 Å². The largest absolute Gasteiger partial charge is 0.349 e. The van der Waals surface area contributed by atoms with Crippen LogP contribution in [0.25, 0.3) is 0 Å². The van der Waals surface area contributed by atoms with Crippen molar-refractivity contribution in [2.75, 3.05) is 11.9 Å². The topological polar surface area (TPSA) is 95.6 Å². The number of hydrogen-bond donors (Lipinski definition) is 2. The van der Waals surface area contributed by atoms with Gasteiger partial charge in [-0.3, -0.25) is 9.59 Å². The van der Waals surface area contributed by atoms with Gasteiger partial charge in [-0.2, -0.15) is 4.31 Å². The van der Waals surface area contributed by atoms with Crippen LogP contribution in [0.1, 0.15) is 36.0 Å². The molecule has 1 atom stereocenters. The Labute approximate surface area is 170 Å². The first-order valence-corrected chi connectivity index (χ1v) is 11.2. The fraction of sp³-hybridized carbons (Fsp3) is 0.333. The van der Waals surface area contributed by atoms with E-state index in [1.165, 1.54) is 16.4 Å². The molecule has 0 radical (unpaired) electrons. The number of amides is 2. The van der Waals surface area contributed by atoms with E-state index in [-0.39, 0.29) is 22.8 Å². The van der Waals surface area contributed by atoms with Gasteiger partial charge in [0.1, 0.15) is 6.04 Å². The molecule has 2 aliphatic rings. The van der Waals surface area contributed by atoms with Crippen LogP contribution in [0.15, 0.2) is 59.5 Å². The number of nitrogens with one attached hydrogen (secondary N) is 2. The van der Waals surface area contributed by atoms with Gasteiger partial charge in [-0.15, -0.1) is 0 Å². The molecule has 7 nitrogen and oxygen atoms in total. The zero-order valence-corrected chi connectivity index (χ0v) is 16.7. The van der Waals surface area contributed by atoms with E-state index in [4.69, 9.17) is 0 Å². The molecule has 2 aromatic rings. The molecule has 29 heavy (non-hydrogen) atoms. The van der Waals surface area contributed by atoms with Crippen LogP contribution in [-0.4, -0.2) is 43.2 Å². The summed E-state index contributed by atoms with van der Waals surface area (Å²) < 4.78 is 27.1. The Balaban J connectivity index is 1.44. The van der Waals surface area contributed by atoms with Crippen LogP contribution in [0.4, 0.5) is 5.69 Å². The molecule has 0 bridgehead atoms. The Bertz CT molecular complexity index is 1000. The second-order valence-electron chi connectivity index (χ2n) is 7.40. The number of sulfonamides is 1. The molecule has 8 heteroatoms. The molecule has 1 saturated heterocycles. The first-order valence-electron chi connectivity index (χ1n) is 9.74. The average molecular weight is 413 g/mol. The highest BCUT2D eigenvalue weighted by Gasteiger charge is 2.39. The average Bonchev–Trinajstić information content (AvgIpc) is 3.39. The summed E-state index contributed by atoms with van der Waals surface area (Å²) >= 11 is 0. The molecular weight excluding hydrogens is 390 g/mol. The second kappa shape index (κ2) is 7.96. The quantitative estimate of drug-likeness (QED) is 0.760. The van der Waals surface area contributed by atoms with Crippen molar-refractivity contribution in [1.82, 2.24) is 9.62 Å². The van der Waals surface area contributed by atoms with E-state index < -0.39 is 16.1 Å². The van der Waals surface area contributed by atoms with Gasteiger partial charge in [-0.05, 0) is 62.1 Å². The molecule has 4 rings (SSSR count). The summed E-state index contributed by atoms with van der Waals surface area (Å²) in [6, 6.07) is 14.3. The zero-order chi connectivity index (χ0) is 20.4. The number of carbonyl (C=O) groups is 2. The molecule has 0 spiro atoms. The highest BCUT2D eigenvalue weighted by Crippen LogP contribution is 2.27. The van der Waals surface area contributed by atoms with E-state index in [1.807, 2.05) is 0 Å². The summed E-state index contributed by atoms with van der Waals surface area (Å²) in [5.74, 6) is -0.488. The molecular formula is C21H23N3O4S. The van der Waals surface area contributed by atoms with Crippen LogP contribution in [0.5, 0.6) is 0 Å². The smallest absolute Gasteiger partial charge is 0.251 e. The lowest BCUT2D eigenvalue weighted by molar-refractivity contribution is -0.119. The number of anilines is 1. The molecule has 1 saturated carbocycles. The minimum Gasteiger partial charge on any atom is -0.349 e. The molecule has 1 heterocycles. The molecule has 1 unspecified atom stereocenters. The number of rotatable bonds is 6. The lowest BCUT2D eigenvalue weighted by Gasteiger charge is -2.23. The summed E-state index contributed by atoms with van der Waals surface area (Å²) in [6.45, 7) is 0.315. The van der Waals surface area contributed by atoms with Crippen LogP contribution < -0.4 is 10.6 Å². The predicted octanol–water partition coefficient (Wildman–Crippen LogP) is 2.37. The highest BCUT2D eigenvalue weighted by atomic mass is 32.2. The third-order valence-corrected chi connectivity index (χ3v) is 7.11. The van der Waals surface area contributed by atoms with Gasteiger partial charge in [0.2, 0.25) is 15.9 Å². The normalized spacial score (nSPS) is 19.7. The molecule has 1 aliphatic carbocycles. The van der Waals surface area contributed by atoms with Crippen LogP contribution >= 0.6 is 0 Å². The van der Waals surface area contributed by atoms with Gasteiger partial charge in [0, 0.05) is 23.8 Å². The van der Waals surface area contributed by atoms with E-state index in [0.717, 1.165) is 12.8 Å². The predicted molar refractivity (Wildman–Crippen MR) is 109 cm³/mol. The molecule has 152 valence electrons. The molecule has 0 aromatic heterocycles. The zero-order valence-electron chi connectivity index (χ0n) is 15.9. The van der Waals surface area contributed by atoms with Gasteiger partial charge < -0.3 is 10.6 Å². The monoisotopic (exact) mass is 413 g/mol. The minimum absolute atomic E-state index is 0.124. The third kappa shape index (κ3) is 4.33. The SMILES string of the molecule is O=C(NC1CC1)c1ccc(NC(=O)C2CCCN2S(=O)(=O)c2ccccc2)cc1. The highest BCUT2D eigenvalue weighted by molar-refractivity contribution is 7.89. The molecule has 2 amide bonds. The maximum absolute atomic E-state index is 12.9. The van der Waals surface area contributed by atoms with Crippen molar-refractivity contribution in [3.8, 4) is 0 Å². The second-order valence-corrected chi connectivity index (χ2v) is 9.29. The van der Waals surface area contributed by atoms with E-state index in [0.29, 0.717) is 30.6 Å². The van der Waals surface area contributed by atoms with Gasteiger partial charge in [0.25, 0.3) is 5.91 Å². The summed E-state index contributed by atoms with van der Waals surface area (Å²) in [6.07, 6.45) is 3.14. The Morgan fingerprint density at radius 3 is 2.28 bits per heavy atom. The maximum Gasteiger partial charge on any atom is 0.251 e. The molecule has 2 aromatic carbocycles. The lowest BCUT2D eigenvalue weighted by atomic mass is 10.1. The van der Waals surface area contributed by atoms with E-state index in [1.54, 1.807) is 42.5 Å². The number of carbonyl (C=O) groups excluding carboxylic acids is 2. The van der Waals surface area contributed by atoms with Crippen LogP contribution in [0.2, 0.25) is 0 Å². The van der Waals surface area contributed by atoms with E-state index in [9.17, 15) is 18.0 Å². The summed E-state index contributed by atoms with van der Waals surface area (Å²) in [4.78, 5) is 25.0. The summed E-state index contributed by atoms with van der Waals surface area (Å²) in [5.41, 5.74) is 1.06. The van der Waals surface area contributed by atoms with Crippen molar-refractivity contribution in [3.05, 3.63) is 60.2 Å². The first kappa shape index (κ1) is 19.6. The van der Waals surface area contributed by atoms with Crippen LogP contribution in [0, 0.1) is 0 Å². The van der Waals surface area contributed by atoms with Crippen molar-refractivity contribution in [1.29, 1.82) is 0 Å². The summed E-state index contributed by atoms with van der Waals surface area (Å²) in [5, 5.41) is 5.69. The first-order chi connectivity index (χ1) is 13.9. The minimum atomic E-state index is -3.73. The van der Waals surface area contributed by atoms with Gasteiger partial charge in [-0.1, -0.05) is 18.2 Å². The fourth-order valence-corrected chi connectivity index (χ4v) is 5.12. The molecule has 2 fully saturated rings. The van der Waals surface area contributed by atoms with Gasteiger partial charge in [-0.25, -0.2) is 8.42 Å². The summed E-state index contributed by atoms with van der Waals surface area (Å²) in [7, 11) is -3.73. The van der Waals surface area contributed by atoms with E-state index >= 15 is 0 Å². The standard InChI is InChI=1S/C21H23N3O4S/c25-20(22-17-12-13-17)15-8-10-16(11-9-15)23-21(26)19-7-4-14-24(19)29(27,28)18-5-2-1-3-6-18/h1-3,5-6,8-11,17,19H,4,7,12-14H2,(H,22,25)(H,23,26). The molecule has 2 N–H and O–H groups in total. The Morgan fingerprint density at radius 2 is 1.62 bits per heavy atom. The fourth-order valence-electron chi connectivity index (χ4n) is 3.44. The van der Waals surface area contributed by atoms with Crippen molar-refractivity contribution >= 4 is 27.5 Å². The number of benzene rings is 2.